The summed E-state index contributed by atoms with van der Waals surface area (Å²) in [7, 11) is 2.17. The number of nitrogens with one attached hydrogen (secondary N) is 1. The van der Waals surface area contributed by atoms with Gasteiger partial charge in [0.1, 0.15) is 0 Å². The molecule has 1 aromatic rings. The molecule has 0 aromatic heterocycles. The van der Waals surface area contributed by atoms with Crippen LogP contribution >= 0.6 is 15.9 Å². The van der Waals surface area contributed by atoms with Crippen LogP contribution in [0.1, 0.15) is 26.3 Å². The largest absolute Gasteiger partial charge is 0.374 e. The van der Waals surface area contributed by atoms with Gasteiger partial charge in [-0.2, -0.15) is 0 Å². The van der Waals surface area contributed by atoms with E-state index in [2.05, 4.69) is 72.2 Å². The Balaban J connectivity index is 2.88. The van der Waals surface area contributed by atoms with Crippen molar-refractivity contribution in [2.45, 2.75) is 27.3 Å². The minimum atomic E-state index is 0.677. The van der Waals surface area contributed by atoms with Crippen LogP contribution in [-0.4, -0.2) is 20.1 Å². The molecule has 2 nitrogen and oxygen atoms in total. The summed E-state index contributed by atoms with van der Waals surface area (Å²) in [6, 6.07) is 6.51. The molecule has 1 aromatic carbocycles. The van der Waals surface area contributed by atoms with Gasteiger partial charge in [0.15, 0.2) is 0 Å². The van der Waals surface area contributed by atoms with E-state index in [9.17, 15) is 0 Å². The summed E-state index contributed by atoms with van der Waals surface area (Å²) in [5, 5.41) is 3.39. The molecule has 3 heteroatoms. The van der Waals surface area contributed by atoms with Crippen molar-refractivity contribution in [3.63, 3.8) is 0 Å². The summed E-state index contributed by atoms with van der Waals surface area (Å²) in [5.74, 6) is 0.677. The second-order valence-electron chi connectivity index (χ2n) is 4.83. The van der Waals surface area contributed by atoms with Crippen molar-refractivity contribution in [2.75, 3.05) is 25.0 Å². The van der Waals surface area contributed by atoms with Crippen LogP contribution in [-0.2, 0) is 6.54 Å². The molecule has 0 atom stereocenters. The van der Waals surface area contributed by atoms with Crippen LogP contribution in [0.15, 0.2) is 22.7 Å². The highest BCUT2D eigenvalue weighted by atomic mass is 79.9. The maximum absolute atomic E-state index is 3.54. The van der Waals surface area contributed by atoms with E-state index >= 15 is 0 Å². The molecule has 17 heavy (non-hydrogen) atoms. The van der Waals surface area contributed by atoms with E-state index in [1.807, 2.05) is 0 Å². The van der Waals surface area contributed by atoms with Gasteiger partial charge in [-0.05, 0) is 36.2 Å². The number of rotatable bonds is 6. The first kappa shape index (κ1) is 14.5. The van der Waals surface area contributed by atoms with Gasteiger partial charge < -0.3 is 10.2 Å². The van der Waals surface area contributed by atoms with Crippen LogP contribution in [0.5, 0.6) is 0 Å². The first-order valence-electron chi connectivity index (χ1n) is 6.24. The summed E-state index contributed by atoms with van der Waals surface area (Å²) < 4.78 is 1.15. The standard InChI is InChI=1S/C14H23BrN2/c1-5-16-9-12-8-13(15)6-7-14(12)17(4)10-11(2)3/h6-8,11,16H,5,9-10H2,1-4H3. The van der Waals surface area contributed by atoms with Crippen molar-refractivity contribution in [2.24, 2.45) is 5.92 Å². The number of hydrogen-bond acceptors (Lipinski definition) is 2. The SMILES string of the molecule is CCNCc1cc(Br)ccc1N(C)CC(C)C. The van der Waals surface area contributed by atoms with Crippen LogP contribution in [0.2, 0.25) is 0 Å². The Bertz CT molecular complexity index is 350. The molecule has 0 saturated heterocycles. The molecule has 0 aliphatic carbocycles. The number of halogens is 1. The number of anilines is 1. The van der Waals surface area contributed by atoms with E-state index in [1.54, 1.807) is 0 Å². The summed E-state index contributed by atoms with van der Waals surface area (Å²) in [5.41, 5.74) is 2.67. The molecular formula is C14H23BrN2. The molecule has 1 rings (SSSR count). The first-order valence-corrected chi connectivity index (χ1v) is 7.04. The molecular weight excluding hydrogens is 276 g/mol. The minimum absolute atomic E-state index is 0.677. The molecule has 96 valence electrons. The third kappa shape index (κ3) is 4.68. The van der Waals surface area contributed by atoms with Gasteiger partial charge in [-0.15, -0.1) is 0 Å². The third-order valence-electron chi connectivity index (χ3n) is 2.66. The van der Waals surface area contributed by atoms with Crippen molar-refractivity contribution >= 4 is 21.6 Å². The van der Waals surface area contributed by atoms with E-state index < -0.39 is 0 Å². The summed E-state index contributed by atoms with van der Waals surface area (Å²) >= 11 is 3.54. The van der Waals surface area contributed by atoms with Crippen LogP contribution in [0.4, 0.5) is 5.69 Å². The average Bonchev–Trinajstić information content (AvgIpc) is 2.25. The predicted molar refractivity (Wildman–Crippen MR) is 79.6 cm³/mol. The lowest BCUT2D eigenvalue weighted by molar-refractivity contribution is 0.634. The van der Waals surface area contributed by atoms with Crippen LogP contribution in [0.25, 0.3) is 0 Å². The average molecular weight is 299 g/mol. The first-order chi connectivity index (χ1) is 8.04. The monoisotopic (exact) mass is 298 g/mol. The Morgan fingerprint density at radius 1 is 1.35 bits per heavy atom. The molecule has 0 aliphatic rings. The molecule has 1 N–H and O–H groups in total. The fourth-order valence-electron chi connectivity index (χ4n) is 1.97. The zero-order valence-corrected chi connectivity index (χ0v) is 12.8. The van der Waals surface area contributed by atoms with Gasteiger partial charge in [0.2, 0.25) is 0 Å². The molecule has 0 aliphatic heterocycles. The number of benzene rings is 1. The van der Waals surface area contributed by atoms with E-state index in [-0.39, 0.29) is 0 Å². The lowest BCUT2D eigenvalue weighted by Crippen LogP contribution is -2.25. The highest BCUT2D eigenvalue weighted by Gasteiger charge is 2.09. The Labute approximate surface area is 114 Å². The van der Waals surface area contributed by atoms with Gasteiger partial charge in [0.25, 0.3) is 0 Å². The summed E-state index contributed by atoms with van der Waals surface area (Å²) in [6.45, 7) is 9.64. The lowest BCUT2D eigenvalue weighted by atomic mass is 10.1. The molecule has 0 amide bonds. The second-order valence-corrected chi connectivity index (χ2v) is 5.74. The highest BCUT2D eigenvalue weighted by molar-refractivity contribution is 9.10. The highest BCUT2D eigenvalue weighted by Crippen LogP contribution is 2.24. The van der Waals surface area contributed by atoms with Crippen LogP contribution < -0.4 is 10.2 Å². The van der Waals surface area contributed by atoms with Gasteiger partial charge in [-0.3, -0.25) is 0 Å². The van der Waals surface area contributed by atoms with Crippen molar-refractivity contribution in [1.29, 1.82) is 0 Å². The van der Waals surface area contributed by atoms with E-state index in [4.69, 9.17) is 0 Å². The number of hydrogen-bond donors (Lipinski definition) is 1. The molecule has 0 saturated carbocycles. The van der Waals surface area contributed by atoms with E-state index in [0.717, 1.165) is 24.1 Å². The fourth-order valence-corrected chi connectivity index (χ4v) is 2.38. The van der Waals surface area contributed by atoms with Gasteiger partial charge in [-0.25, -0.2) is 0 Å². The molecule has 0 unspecified atom stereocenters. The Morgan fingerprint density at radius 3 is 2.65 bits per heavy atom. The van der Waals surface area contributed by atoms with Crippen molar-refractivity contribution in [3.05, 3.63) is 28.2 Å². The maximum Gasteiger partial charge on any atom is 0.0410 e. The van der Waals surface area contributed by atoms with Crippen LogP contribution in [0.3, 0.4) is 0 Å². The van der Waals surface area contributed by atoms with Gasteiger partial charge >= 0.3 is 0 Å². The summed E-state index contributed by atoms with van der Waals surface area (Å²) in [4.78, 5) is 2.34. The lowest BCUT2D eigenvalue weighted by Gasteiger charge is -2.24. The van der Waals surface area contributed by atoms with Gasteiger partial charge in [0, 0.05) is 30.3 Å². The Morgan fingerprint density at radius 2 is 2.06 bits per heavy atom. The minimum Gasteiger partial charge on any atom is -0.374 e. The molecule has 0 radical (unpaired) electrons. The Kier molecular flexibility index (Phi) is 6.00. The van der Waals surface area contributed by atoms with Gasteiger partial charge in [-0.1, -0.05) is 36.7 Å². The van der Waals surface area contributed by atoms with Crippen molar-refractivity contribution in [1.82, 2.24) is 5.32 Å². The summed E-state index contributed by atoms with van der Waals surface area (Å²) in [6.07, 6.45) is 0. The zero-order chi connectivity index (χ0) is 12.8. The van der Waals surface area contributed by atoms with Crippen molar-refractivity contribution in [3.8, 4) is 0 Å². The topological polar surface area (TPSA) is 15.3 Å². The van der Waals surface area contributed by atoms with Gasteiger partial charge in [0.05, 0.1) is 0 Å². The normalized spacial score (nSPS) is 10.9. The number of nitrogens with zero attached hydrogens (tertiary/aromatic N) is 1. The maximum atomic E-state index is 3.54. The molecule has 0 heterocycles. The Hall–Kier alpha value is -0.540. The quantitative estimate of drug-likeness (QED) is 0.862. The third-order valence-corrected chi connectivity index (χ3v) is 3.15. The fraction of sp³-hybridized carbons (Fsp3) is 0.571. The van der Waals surface area contributed by atoms with Crippen LogP contribution in [0, 0.1) is 5.92 Å². The van der Waals surface area contributed by atoms with E-state index in [0.29, 0.717) is 5.92 Å². The molecule has 0 spiro atoms. The zero-order valence-electron chi connectivity index (χ0n) is 11.3. The van der Waals surface area contributed by atoms with Crippen molar-refractivity contribution < 1.29 is 0 Å². The molecule has 0 bridgehead atoms. The van der Waals surface area contributed by atoms with E-state index in [1.165, 1.54) is 11.3 Å². The smallest absolute Gasteiger partial charge is 0.0410 e. The predicted octanol–water partition coefficient (Wildman–Crippen LogP) is 3.65. The molecule has 0 fully saturated rings. The second kappa shape index (κ2) is 7.02.